The second-order valence-electron chi connectivity index (χ2n) is 3.83. The van der Waals surface area contributed by atoms with Crippen molar-refractivity contribution in [3.63, 3.8) is 0 Å². The van der Waals surface area contributed by atoms with E-state index in [9.17, 15) is 13.2 Å². The highest BCUT2D eigenvalue weighted by Gasteiger charge is 2.13. The van der Waals surface area contributed by atoms with Crippen LogP contribution in [0.5, 0.6) is 5.75 Å². The first-order valence-corrected chi connectivity index (χ1v) is 6.70. The number of pyridine rings is 1. The van der Waals surface area contributed by atoms with E-state index in [1.807, 2.05) is 0 Å². The van der Waals surface area contributed by atoms with Crippen LogP contribution in [-0.2, 0) is 10.7 Å². The second-order valence-corrected chi connectivity index (χ2v) is 4.81. The van der Waals surface area contributed by atoms with Gasteiger partial charge in [-0.05, 0) is 24.3 Å². The fraction of sp³-hybridized carbons (Fsp3) is 0. The van der Waals surface area contributed by atoms with Gasteiger partial charge in [-0.25, -0.2) is 18.2 Å². The van der Waals surface area contributed by atoms with Gasteiger partial charge in [-0.1, -0.05) is 0 Å². The zero-order valence-corrected chi connectivity index (χ0v) is 10.8. The summed E-state index contributed by atoms with van der Waals surface area (Å²) in [6.45, 7) is 0. The first kappa shape index (κ1) is 12.4. The molecule has 3 aromatic heterocycles. The van der Waals surface area contributed by atoms with Crippen LogP contribution < -0.4 is 4.74 Å². The Bertz CT molecular complexity index is 840. The smallest absolute Gasteiger partial charge is 0.379 e. The van der Waals surface area contributed by atoms with Gasteiger partial charge in [-0.2, -0.15) is 0 Å². The highest BCUT2D eigenvalue weighted by Crippen LogP contribution is 2.17. The minimum absolute atomic E-state index is 0.0193. The fourth-order valence-electron chi connectivity index (χ4n) is 1.70. The molecule has 0 amide bonds. The monoisotopic (exact) mass is 292 g/mol. The Morgan fingerprint density at radius 3 is 2.85 bits per heavy atom. The van der Waals surface area contributed by atoms with Crippen LogP contribution in [0.4, 0.5) is 0 Å². The summed E-state index contributed by atoms with van der Waals surface area (Å²) < 4.78 is 33.4. The maximum atomic E-state index is 11.7. The second kappa shape index (κ2) is 4.82. The number of aromatic nitrogens is 2. The van der Waals surface area contributed by atoms with Crippen LogP contribution in [0, 0.1) is 0 Å². The van der Waals surface area contributed by atoms with Crippen LogP contribution in [-0.4, -0.2) is 23.8 Å². The summed E-state index contributed by atoms with van der Waals surface area (Å²) in [5.74, 6) is -0.414. The average Bonchev–Trinajstić information content (AvgIpc) is 3.07. The SMILES string of the molecule is O=C(Oc1ccc2ncc([SH](=O)=O)n2c1)c1ccco1. The lowest BCUT2D eigenvalue weighted by molar-refractivity contribution is 0.0700. The number of nitrogens with zero attached hydrogens (tertiary/aromatic N) is 2. The molecule has 3 rings (SSSR count). The zero-order chi connectivity index (χ0) is 14.1. The first-order valence-electron chi connectivity index (χ1n) is 5.52. The minimum Gasteiger partial charge on any atom is -0.457 e. The molecule has 0 saturated carbocycles. The molecular weight excluding hydrogens is 284 g/mol. The van der Waals surface area contributed by atoms with E-state index in [1.54, 1.807) is 12.1 Å². The molecule has 0 aliphatic heterocycles. The van der Waals surface area contributed by atoms with Gasteiger partial charge in [0.15, 0.2) is 15.7 Å². The van der Waals surface area contributed by atoms with E-state index in [-0.39, 0.29) is 16.5 Å². The molecule has 3 heterocycles. The van der Waals surface area contributed by atoms with Crippen molar-refractivity contribution in [3.8, 4) is 5.75 Å². The lowest BCUT2D eigenvalue weighted by Gasteiger charge is -2.03. The largest absolute Gasteiger partial charge is 0.457 e. The van der Waals surface area contributed by atoms with Crippen molar-refractivity contribution in [2.24, 2.45) is 0 Å². The Hall–Kier alpha value is -2.61. The van der Waals surface area contributed by atoms with Crippen LogP contribution in [0.1, 0.15) is 10.6 Å². The van der Waals surface area contributed by atoms with Gasteiger partial charge in [0.2, 0.25) is 5.76 Å². The average molecular weight is 292 g/mol. The van der Waals surface area contributed by atoms with Crippen LogP contribution >= 0.6 is 0 Å². The van der Waals surface area contributed by atoms with Gasteiger partial charge in [0, 0.05) is 0 Å². The molecule has 0 aliphatic rings. The summed E-state index contributed by atoms with van der Waals surface area (Å²) in [5.41, 5.74) is 0.442. The molecule has 102 valence electrons. The number of ether oxygens (including phenoxy) is 1. The van der Waals surface area contributed by atoms with Crippen LogP contribution in [0.2, 0.25) is 0 Å². The van der Waals surface area contributed by atoms with E-state index in [0.29, 0.717) is 5.65 Å². The number of fused-ring (bicyclic) bond motifs is 1. The Kier molecular flexibility index (Phi) is 2.99. The van der Waals surface area contributed by atoms with Crippen molar-refractivity contribution in [1.29, 1.82) is 0 Å². The van der Waals surface area contributed by atoms with Gasteiger partial charge in [-0.15, -0.1) is 0 Å². The standard InChI is InChI=1S/C12H8N2O5S/c15-12(9-2-1-5-18-9)19-8-3-4-10-13-6-11(20(16)17)14(10)7-8/h1-7,20H. The normalized spacial score (nSPS) is 11.1. The van der Waals surface area contributed by atoms with E-state index in [0.717, 1.165) is 0 Å². The lowest BCUT2D eigenvalue weighted by atomic mass is 10.4. The van der Waals surface area contributed by atoms with Crippen molar-refractivity contribution in [2.45, 2.75) is 5.03 Å². The van der Waals surface area contributed by atoms with E-state index in [1.165, 1.54) is 35.2 Å². The number of carbonyl (C=O) groups excluding carboxylic acids is 1. The van der Waals surface area contributed by atoms with Gasteiger partial charge >= 0.3 is 5.97 Å². The van der Waals surface area contributed by atoms with Gasteiger partial charge < -0.3 is 9.15 Å². The number of furan rings is 1. The summed E-state index contributed by atoms with van der Waals surface area (Å²) >= 11 is 0. The molecule has 3 aromatic rings. The van der Waals surface area contributed by atoms with Crippen LogP contribution in [0.3, 0.4) is 0 Å². The predicted octanol–water partition coefficient (Wildman–Crippen LogP) is 1.12. The van der Waals surface area contributed by atoms with Crippen molar-refractivity contribution >= 4 is 22.3 Å². The van der Waals surface area contributed by atoms with Gasteiger partial charge in [0.25, 0.3) is 0 Å². The molecule has 0 atom stereocenters. The number of imidazole rings is 1. The van der Waals surface area contributed by atoms with Crippen molar-refractivity contribution in [3.05, 3.63) is 48.7 Å². The minimum atomic E-state index is -2.79. The van der Waals surface area contributed by atoms with E-state index in [2.05, 4.69) is 4.98 Å². The number of thiol groups is 1. The quantitative estimate of drug-likeness (QED) is 0.574. The molecule has 7 nitrogen and oxygen atoms in total. The third-order valence-electron chi connectivity index (χ3n) is 2.58. The molecule has 0 aromatic carbocycles. The summed E-state index contributed by atoms with van der Waals surface area (Å²) in [7, 11) is -2.79. The van der Waals surface area contributed by atoms with Crippen molar-refractivity contribution in [2.75, 3.05) is 0 Å². The fourth-order valence-corrected chi connectivity index (χ4v) is 2.18. The Morgan fingerprint density at radius 1 is 1.30 bits per heavy atom. The molecule has 0 bridgehead atoms. The summed E-state index contributed by atoms with van der Waals surface area (Å²) in [4.78, 5) is 15.6. The first-order chi connectivity index (χ1) is 9.65. The number of hydrogen-bond acceptors (Lipinski definition) is 6. The maximum absolute atomic E-state index is 11.7. The Labute approximate surface area is 114 Å². The molecule has 0 saturated heterocycles. The predicted molar refractivity (Wildman–Crippen MR) is 67.4 cm³/mol. The number of carbonyl (C=O) groups is 1. The van der Waals surface area contributed by atoms with E-state index < -0.39 is 16.7 Å². The molecule has 0 radical (unpaired) electrons. The molecule has 0 N–H and O–H groups in total. The number of esters is 1. The molecule has 0 unspecified atom stereocenters. The summed E-state index contributed by atoms with van der Waals surface area (Å²) in [5, 5.41) is 0.0193. The number of hydrogen-bond donors (Lipinski definition) is 1. The van der Waals surface area contributed by atoms with Crippen LogP contribution in [0.15, 0.2) is 52.4 Å². The number of rotatable bonds is 3. The molecule has 0 spiro atoms. The van der Waals surface area contributed by atoms with E-state index in [4.69, 9.17) is 9.15 Å². The van der Waals surface area contributed by atoms with Gasteiger partial charge in [0.1, 0.15) is 11.4 Å². The van der Waals surface area contributed by atoms with Gasteiger partial charge in [0.05, 0.1) is 18.7 Å². The molecule has 20 heavy (non-hydrogen) atoms. The van der Waals surface area contributed by atoms with Crippen LogP contribution in [0.25, 0.3) is 5.65 Å². The highest BCUT2D eigenvalue weighted by molar-refractivity contribution is 7.72. The summed E-state index contributed by atoms with van der Waals surface area (Å²) in [6, 6.07) is 6.10. The Balaban J connectivity index is 1.96. The molecule has 8 heteroatoms. The van der Waals surface area contributed by atoms with Gasteiger partial charge in [-0.3, -0.25) is 4.40 Å². The highest BCUT2D eigenvalue weighted by atomic mass is 32.2. The molecule has 0 aliphatic carbocycles. The summed E-state index contributed by atoms with van der Waals surface area (Å²) in [6.07, 6.45) is 3.97. The van der Waals surface area contributed by atoms with Crippen molar-refractivity contribution in [1.82, 2.24) is 9.38 Å². The third-order valence-corrected chi connectivity index (χ3v) is 3.28. The van der Waals surface area contributed by atoms with E-state index >= 15 is 0 Å². The molecular formula is C12H8N2O5S. The third kappa shape index (κ3) is 2.16. The zero-order valence-electron chi connectivity index (χ0n) is 9.92. The Morgan fingerprint density at radius 2 is 2.15 bits per heavy atom. The topological polar surface area (TPSA) is 90.9 Å². The maximum Gasteiger partial charge on any atom is 0.379 e. The molecule has 0 fully saturated rings. The lowest BCUT2D eigenvalue weighted by Crippen LogP contribution is -2.07. The van der Waals surface area contributed by atoms with Crippen molar-refractivity contribution < 1.29 is 22.4 Å².